The molecule has 0 bridgehead atoms. The van der Waals surface area contributed by atoms with Gasteiger partial charge in [-0.1, -0.05) is 30.3 Å². The Hall–Kier alpha value is -3.87. The van der Waals surface area contributed by atoms with Crippen molar-refractivity contribution in [1.82, 2.24) is 10.3 Å². The first-order valence-corrected chi connectivity index (χ1v) is 8.93. The molecule has 0 spiro atoms. The van der Waals surface area contributed by atoms with Crippen LogP contribution in [-0.2, 0) is 6.54 Å². The van der Waals surface area contributed by atoms with Gasteiger partial charge in [0.2, 0.25) is 0 Å². The summed E-state index contributed by atoms with van der Waals surface area (Å²) < 4.78 is 10.5. The van der Waals surface area contributed by atoms with Crippen LogP contribution >= 0.6 is 0 Å². The fraction of sp³-hybridized carbons (Fsp3) is 0.136. The molecule has 0 fully saturated rings. The second kappa shape index (κ2) is 9.36. The number of benzene rings is 2. The van der Waals surface area contributed by atoms with Gasteiger partial charge >= 0.3 is 0 Å². The van der Waals surface area contributed by atoms with Crippen LogP contribution in [0.4, 0.5) is 5.69 Å². The summed E-state index contributed by atoms with van der Waals surface area (Å²) in [6.45, 7) is 0.300. The molecule has 0 saturated heterocycles. The summed E-state index contributed by atoms with van der Waals surface area (Å²) in [6, 6.07) is 17.5. The highest BCUT2D eigenvalue weighted by Gasteiger charge is 2.14. The van der Waals surface area contributed by atoms with E-state index in [2.05, 4.69) is 15.6 Å². The van der Waals surface area contributed by atoms with Gasteiger partial charge in [0.1, 0.15) is 17.2 Å². The molecule has 3 rings (SSSR count). The molecule has 0 radical (unpaired) electrons. The molecule has 2 aromatic carbocycles. The number of hydrogen-bond acceptors (Lipinski definition) is 5. The van der Waals surface area contributed by atoms with E-state index in [1.807, 2.05) is 24.3 Å². The highest BCUT2D eigenvalue weighted by Crippen LogP contribution is 2.23. The molecule has 0 aliphatic carbocycles. The predicted molar refractivity (Wildman–Crippen MR) is 109 cm³/mol. The van der Waals surface area contributed by atoms with Crippen LogP contribution in [0, 0.1) is 0 Å². The number of anilines is 1. The van der Waals surface area contributed by atoms with Gasteiger partial charge in [-0.25, -0.2) is 0 Å². The van der Waals surface area contributed by atoms with Gasteiger partial charge in [0.05, 0.1) is 19.9 Å². The molecule has 0 aliphatic heterocycles. The molecule has 0 atom stereocenters. The lowest BCUT2D eigenvalue weighted by Gasteiger charge is -2.11. The molecule has 3 aromatic rings. The maximum absolute atomic E-state index is 12.5. The predicted octanol–water partition coefficient (Wildman–Crippen LogP) is 3.28. The number of nitrogens with zero attached hydrogens (tertiary/aromatic N) is 1. The molecule has 2 N–H and O–H groups in total. The summed E-state index contributed by atoms with van der Waals surface area (Å²) in [5.41, 5.74) is 1.83. The summed E-state index contributed by atoms with van der Waals surface area (Å²) in [6.07, 6.45) is 1.43. The van der Waals surface area contributed by atoms with Gasteiger partial charge in [-0.15, -0.1) is 0 Å². The lowest BCUT2D eigenvalue weighted by molar-refractivity contribution is 0.0950. The number of amides is 2. The third-order valence-corrected chi connectivity index (χ3v) is 4.24. The van der Waals surface area contributed by atoms with Gasteiger partial charge in [0.25, 0.3) is 11.8 Å². The second-order valence-electron chi connectivity index (χ2n) is 6.08. The Morgan fingerprint density at radius 1 is 0.897 bits per heavy atom. The second-order valence-corrected chi connectivity index (χ2v) is 6.08. The van der Waals surface area contributed by atoms with Crippen LogP contribution in [0.1, 0.15) is 26.4 Å². The monoisotopic (exact) mass is 391 g/mol. The normalized spacial score (nSPS) is 10.1. The van der Waals surface area contributed by atoms with E-state index in [0.29, 0.717) is 29.3 Å². The van der Waals surface area contributed by atoms with Crippen molar-refractivity contribution < 1.29 is 19.1 Å². The van der Waals surface area contributed by atoms with E-state index in [-0.39, 0.29) is 11.6 Å². The van der Waals surface area contributed by atoms with Crippen LogP contribution in [0.15, 0.2) is 66.9 Å². The first-order valence-electron chi connectivity index (χ1n) is 8.93. The van der Waals surface area contributed by atoms with E-state index in [0.717, 1.165) is 5.56 Å². The Morgan fingerprint density at radius 3 is 2.34 bits per heavy atom. The number of ether oxygens (including phenoxy) is 2. The maximum Gasteiger partial charge on any atom is 0.274 e. The zero-order valence-corrected chi connectivity index (χ0v) is 16.1. The van der Waals surface area contributed by atoms with Crippen molar-refractivity contribution >= 4 is 17.5 Å². The van der Waals surface area contributed by atoms with Crippen LogP contribution in [0.5, 0.6) is 11.5 Å². The fourth-order valence-electron chi connectivity index (χ4n) is 2.76. The Labute approximate surface area is 168 Å². The van der Waals surface area contributed by atoms with Gasteiger partial charge in [-0.05, 0) is 30.3 Å². The summed E-state index contributed by atoms with van der Waals surface area (Å²) in [5, 5.41) is 5.57. The third kappa shape index (κ3) is 4.90. The molecular formula is C22H21N3O4. The minimum Gasteiger partial charge on any atom is -0.496 e. The summed E-state index contributed by atoms with van der Waals surface area (Å²) in [4.78, 5) is 29.1. The number of aromatic nitrogens is 1. The number of methoxy groups -OCH3 is 2. The van der Waals surface area contributed by atoms with Crippen LogP contribution in [0.3, 0.4) is 0 Å². The van der Waals surface area contributed by atoms with Crippen LogP contribution < -0.4 is 20.1 Å². The van der Waals surface area contributed by atoms with Gasteiger partial charge in [-0.3, -0.25) is 14.6 Å². The number of para-hydroxylation sites is 3. The van der Waals surface area contributed by atoms with E-state index < -0.39 is 5.91 Å². The van der Waals surface area contributed by atoms with Crippen molar-refractivity contribution in [3.8, 4) is 11.5 Å². The van der Waals surface area contributed by atoms with Gasteiger partial charge in [0, 0.05) is 23.9 Å². The average Bonchev–Trinajstić information content (AvgIpc) is 2.78. The molecule has 0 saturated carbocycles. The first kappa shape index (κ1) is 19.9. The van der Waals surface area contributed by atoms with Crippen LogP contribution in [0.25, 0.3) is 0 Å². The molecule has 7 nitrogen and oxygen atoms in total. The average molecular weight is 391 g/mol. The number of carbonyl (C=O) groups excluding carboxylic acids is 2. The largest absolute Gasteiger partial charge is 0.496 e. The highest BCUT2D eigenvalue weighted by atomic mass is 16.5. The minimum atomic E-state index is -0.436. The SMILES string of the molecule is COc1ccccc1CNC(=O)c1ccnc(C(=O)Nc2ccccc2OC)c1. The molecular weight excluding hydrogens is 370 g/mol. The molecule has 148 valence electrons. The zero-order valence-electron chi connectivity index (χ0n) is 16.1. The quantitative estimate of drug-likeness (QED) is 0.645. The van der Waals surface area contributed by atoms with E-state index in [4.69, 9.17) is 9.47 Å². The number of hydrogen-bond donors (Lipinski definition) is 2. The lowest BCUT2D eigenvalue weighted by atomic mass is 10.1. The Kier molecular flexibility index (Phi) is 6.42. The molecule has 29 heavy (non-hydrogen) atoms. The van der Waals surface area contributed by atoms with E-state index in [9.17, 15) is 9.59 Å². The summed E-state index contributed by atoms with van der Waals surface area (Å²) >= 11 is 0. The maximum atomic E-state index is 12.5. The number of carbonyl (C=O) groups is 2. The smallest absolute Gasteiger partial charge is 0.274 e. The minimum absolute atomic E-state index is 0.126. The van der Waals surface area contributed by atoms with Crippen LogP contribution in [0.2, 0.25) is 0 Å². The van der Waals surface area contributed by atoms with Crippen molar-refractivity contribution in [3.05, 3.63) is 83.7 Å². The van der Waals surface area contributed by atoms with E-state index in [1.165, 1.54) is 19.4 Å². The van der Waals surface area contributed by atoms with Crippen molar-refractivity contribution in [2.24, 2.45) is 0 Å². The van der Waals surface area contributed by atoms with Crippen molar-refractivity contribution in [2.45, 2.75) is 6.54 Å². The lowest BCUT2D eigenvalue weighted by Crippen LogP contribution is -2.24. The molecule has 1 heterocycles. The summed E-state index contributed by atoms with van der Waals surface area (Å²) in [5.74, 6) is 0.476. The van der Waals surface area contributed by atoms with E-state index in [1.54, 1.807) is 37.4 Å². The zero-order chi connectivity index (χ0) is 20.6. The highest BCUT2D eigenvalue weighted by molar-refractivity contribution is 6.05. The first-order chi connectivity index (χ1) is 14.1. The molecule has 1 aromatic heterocycles. The standard InChI is InChI=1S/C22H21N3O4/c1-28-19-9-5-3-7-16(19)14-24-21(26)15-11-12-23-18(13-15)22(27)25-17-8-4-6-10-20(17)29-2/h3-13H,14H2,1-2H3,(H,24,26)(H,25,27). The Balaban J connectivity index is 1.70. The third-order valence-electron chi connectivity index (χ3n) is 4.24. The van der Waals surface area contributed by atoms with Gasteiger partial charge in [-0.2, -0.15) is 0 Å². The van der Waals surface area contributed by atoms with Crippen LogP contribution in [-0.4, -0.2) is 31.0 Å². The molecule has 7 heteroatoms. The number of pyridine rings is 1. The number of nitrogens with one attached hydrogen (secondary N) is 2. The molecule has 0 unspecified atom stereocenters. The molecule has 0 aliphatic rings. The summed E-state index contributed by atoms with van der Waals surface area (Å²) in [7, 11) is 3.10. The van der Waals surface area contributed by atoms with Crippen molar-refractivity contribution in [2.75, 3.05) is 19.5 Å². The number of rotatable bonds is 7. The Bertz CT molecular complexity index is 1020. The van der Waals surface area contributed by atoms with Gasteiger partial charge in [0.15, 0.2) is 0 Å². The topological polar surface area (TPSA) is 89.5 Å². The fourth-order valence-corrected chi connectivity index (χ4v) is 2.76. The Morgan fingerprint density at radius 2 is 1.59 bits per heavy atom. The molecule has 2 amide bonds. The van der Waals surface area contributed by atoms with Crippen molar-refractivity contribution in [3.63, 3.8) is 0 Å². The van der Waals surface area contributed by atoms with Gasteiger partial charge < -0.3 is 20.1 Å². The van der Waals surface area contributed by atoms with Crippen molar-refractivity contribution in [1.29, 1.82) is 0 Å². The van der Waals surface area contributed by atoms with E-state index >= 15 is 0 Å².